The van der Waals surface area contributed by atoms with Gasteiger partial charge >= 0.3 is 6.18 Å². The first-order valence-corrected chi connectivity index (χ1v) is 7.84. The van der Waals surface area contributed by atoms with E-state index >= 15 is 0 Å². The number of hydrogen-bond donors (Lipinski definition) is 2. The van der Waals surface area contributed by atoms with Crippen molar-refractivity contribution >= 4 is 5.91 Å². The maximum Gasteiger partial charge on any atom is 0.416 e. The summed E-state index contributed by atoms with van der Waals surface area (Å²) < 4.78 is 38.2. The minimum atomic E-state index is -4.43. The Hall–Kier alpha value is -2.64. The number of halogens is 3. The minimum absolute atomic E-state index is 0.124. The zero-order chi connectivity index (χ0) is 18.0. The van der Waals surface area contributed by atoms with E-state index in [4.69, 9.17) is 0 Å². The van der Waals surface area contributed by atoms with Gasteiger partial charge in [-0.3, -0.25) is 9.59 Å². The van der Waals surface area contributed by atoms with Gasteiger partial charge in [-0.05, 0) is 36.5 Å². The summed E-state index contributed by atoms with van der Waals surface area (Å²) in [4.78, 5) is 23.5. The number of benzene rings is 1. The van der Waals surface area contributed by atoms with Gasteiger partial charge in [-0.1, -0.05) is 18.2 Å². The number of amides is 1. The number of aryl methyl sites for hydroxylation is 1. The van der Waals surface area contributed by atoms with Crippen molar-refractivity contribution in [3.8, 4) is 0 Å². The van der Waals surface area contributed by atoms with Crippen LogP contribution in [0.25, 0.3) is 0 Å². The maximum absolute atomic E-state index is 12.7. The van der Waals surface area contributed by atoms with E-state index in [0.29, 0.717) is 24.8 Å². The third-order valence-corrected chi connectivity index (χ3v) is 4.16. The summed E-state index contributed by atoms with van der Waals surface area (Å²) in [5.74, 6) is -0.342. The van der Waals surface area contributed by atoms with E-state index < -0.39 is 11.7 Å². The third-order valence-electron chi connectivity index (χ3n) is 4.16. The Labute approximate surface area is 141 Å². The van der Waals surface area contributed by atoms with Crippen LogP contribution in [0.4, 0.5) is 13.2 Å². The first-order chi connectivity index (χ1) is 11.8. The molecule has 0 spiro atoms. The van der Waals surface area contributed by atoms with Gasteiger partial charge in [0.25, 0.3) is 5.56 Å². The van der Waals surface area contributed by atoms with Crippen molar-refractivity contribution in [2.24, 2.45) is 0 Å². The molecule has 132 valence electrons. The molecule has 25 heavy (non-hydrogen) atoms. The fourth-order valence-corrected chi connectivity index (χ4v) is 2.98. The van der Waals surface area contributed by atoms with Crippen LogP contribution in [0.5, 0.6) is 0 Å². The molecule has 1 aromatic carbocycles. The van der Waals surface area contributed by atoms with Crippen LogP contribution in [0, 0.1) is 0 Å². The highest BCUT2D eigenvalue weighted by Crippen LogP contribution is 2.29. The normalized spacial score (nSPS) is 17.0. The fraction of sp³-hybridized carbons (Fsp3) is 0.353. The highest BCUT2D eigenvalue weighted by Gasteiger charge is 2.30. The Morgan fingerprint density at radius 1 is 1.32 bits per heavy atom. The number of rotatable bonds is 3. The van der Waals surface area contributed by atoms with Crippen LogP contribution in [0.1, 0.15) is 28.8 Å². The zero-order valence-corrected chi connectivity index (χ0v) is 13.2. The molecule has 1 amide bonds. The first kappa shape index (κ1) is 17.2. The van der Waals surface area contributed by atoms with Gasteiger partial charge in [0.15, 0.2) is 0 Å². The number of carbonyl (C=O) groups is 1. The average Bonchev–Trinajstić information content (AvgIpc) is 2.53. The average molecular weight is 351 g/mol. The largest absolute Gasteiger partial charge is 0.416 e. The standard InChI is InChI=1S/C17H16F3N3O2/c18-17(19,20)12-3-1-2-10(6-12)7-15(24)21-13-4-5-14-11(8-13)9-16(25)23-22-14/h1-3,6,9,13H,4-5,7-8H2,(H,21,24)(H,23,25)/t13-/m1/s1. The van der Waals surface area contributed by atoms with Gasteiger partial charge in [0, 0.05) is 12.1 Å². The molecule has 2 N–H and O–H groups in total. The summed E-state index contributed by atoms with van der Waals surface area (Å²) in [6.45, 7) is 0. The quantitative estimate of drug-likeness (QED) is 0.888. The summed E-state index contributed by atoms with van der Waals surface area (Å²) in [5, 5.41) is 9.18. The summed E-state index contributed by atoms with van der Waals surface area (Å²) in [6, 6.07) is 6.06. The van der Waals surface area contributed by atoms with Crippen LogP contribution in [-0.4, -0.2) is 22.1 Å². The number of nitrogens with zero attached hydrogens (tertiary/aromatic N) is 1. The SMILES string of the molecule is O=C(Cc1cccc(C(F)(F)F)c1)N[C@@H]1CCc2n[nH]c(=O)cc2C1. The highest BCUT2D eigenvalue weighted by atomic mass is 19.4. The number of H-pyrrole nitrogens is 1. The molecule has 0 bridgehead atoms. The van der Waals surface area contributed by atoms with Gasteiger partial charge in [0.05, 0.1) is 17.7 Å². The van der Waals surface area contributed by atoms with Crippen molar-refractivity contribution in [3.05, 3.63) is 63.1 Å². The van der Waals surface area contributed by atoms with Gasteiger partial charge in [-0.15, -0.1) is 0 Å². The fourth-order valence-electron chi connectivity index (χ4n) is 2.98. The van der Waals surface area contributed by atoms with Crippen molar-refractivity contribution in [2.45, 2.75) is 37.9 Å². The smallest absolute Gasteiger partial charge is 0.353 e. The molecule has 1 atom stereocenters. The van der Waals surface area contributed by atoms with E-state index in [1.54, 1.807) is 0 Å². The van der Waals surface area contributed by atoms with Crippen LogP contribution < -0.4 is 10.9 Å². The number of fused-ring (bicyclic) bond motifs is 1. The predicted molar refractivity (Wildman–Crippen MR) is 84.0 cm³/mol. The number of hydrogen-bond acceptors (Lipinski definition) is 3. The Morgan fingerprint density at radius 2 is 2.12 bits per heavy atom. The maximum atomic E-state index is 12.7. The lowest BCUT2D eigenvalue weighted by Crippen LogP contribution is -2.40. The summed E-state index contributed by atoms with van der Waals surface area (Å²) in [7, 11) is 0. The Morgan fingerprint density at radius 3 is 2.88 bits per heavy atom. The van der Waals surface area contributed by atoms with Crippen LogP contribution in [0.3, 0.4) is 0 Å². The molecule has 0 saturated heterocycles. The van der Waals surface area contributed by atoms with Gasteiger partial charge < -0.3 is 5.32 Å². The molecule has 1 heterocycles. The first-order valence-electron chi connectivity index (χ1n) is 7.84. The second-order valence-corrected chi connectivity index (χ2v) is 6.09. The van der Waals surface area contributed by atoms with E-state index in [1.165, 1.54) is 18.2 Å². The summed E-state index contributed by atoms with van der Waals surface area (Å²) >= 11 is 0. The number of aromatic nitrogens is 2. The molecule has 5 nitrogen and oxygen atoms in total. The topological polar surface area (TPSA) is 74.8 Å². The monoisotopic (exact) mass is 351 g/mol. The third kappa shape index (κ3) is 4.26. The van der Waals surface area contributed by atoms with Crippen LogP contribution in [-0.2, 0) is 30.2 Å². The van der Waals surface area contributed by atoms with Gasteiger partial charge in [-0.25, -0.2) is 5.10 Å². The van der Waals surface area contributed by atoms with Crippen LogP contribution in [0.15, 0.2) is 35.1 Å². The number of nitrogens with one attached hydrogen (secondary N) is 2. The number of alkyl halides is 3. The molecule has 0 fully saturated rings. The summed E-state index contributed by atoms with van der Waals surface area (Å²) in [5.41, 5.74) is 0.841. The minimum Gasteiger partial charge on any atom is -0.353 e. The molecule has 0 radical (unpaired) electrons. The highest BCUT2D eigenvalue weighted by molar-refractivity contribution is 5.79. The Kier molecular flexibility index (Phi) is 4.61. The van der Waals surface area contributed by atoms with E-state index in [-0.39, 0.29) is 23.9 Å². The second-order valence-electron chi connectivity index (χ2n) is 6.09. The zero-order valence-electron chi connectivity index (χ0n) is 13.2. The van der Waals surface area contributed by atoms with E-state index in [0.717, 1.165) is 23.4 Å². The van der Waals surface area contributed by atoms with Gasteiger partial charge in [0.1, 0.15) is 0 Å². The molecule has 1 aliphatic carbocycles. The van der Waals surface area contributed by atoms with E-state index in [9.17, 15) is 22.8 Å². The van der Waals surface area contributed by atoms with Crippen molar-refractivity contribution in [1.29, 1.82) is 0 Å². The van der Waals surface area contributed by atoms with Crippen molar-refractivity contribution < 1.29 is 18.0 Å². The predicted octanol–water partition coefficient (Wildman–Crippen LogP) is 2.00. The molecule has 0 saturated carbocycles. The number of aromatic amines is 1. The van der Waals surface area contributed by atoms with Crippen LogP contribution >= 0.6 is 0 Å². The second kappa shape index (κ2) is 6.70. The van der Waals surface area contributed by atoms with Gasteiger partial charge in [0.2, 0.25) is 5.91 Å². The van der Waals surface area contributed by atoms with Crippen LogP contribution in [0.2, 0.25) is 0 Å². The Bertz CT molecular complexity index is 846. The molecule has 3 rings (SSSR count). The van der Waals surface area contributed by atoms with Crippen molar-refractivity contribution in [2.75, 3.05) is 0 Å². The molecule has 0 aliphatic heterocycles. The molecular formula is C17H16F3N3O2. The van der Waals surface area contributed by atoms with Gasteiger partial charge in [-0.2, -0.15) is 18.3 Å². The molecule has 1 aromatic heterocycles. The van der Waals surface area contributed by atoms with E-state index in [2.05, 4.69) is 15.5 Å². The summed E-state index contributed by atoms with van der Waals surface area (Å²) in [6.07, 6.45) is -2.78. The molecule has 2 aromatic rings. The van der Waals surface area contributed by atoms with Crippen molar-refractivity contribution in [3.63, 3.8) is 0 Å². The lowest BCUT2D eigenvalue weighted by Gasteiger charge is -2.24. The molecule has 1 aliphatic rings. The Balaban J connectivity index is 1.63. The number of carbonyl (C=O) groups excluding carboxylic acids is 1. The lowest BCUT2D eigenvalue weighted by molar-refractivity contribution is -0.137. The lowest BCUT2D eigenvalue weighted by atomic mass is 9.92. The molecule has 0 unspecified atom stereocenters. The van der Waals surface area contributed by atoms with Crippen molar-refractivity contribution in [1.82, 2.24) is 15.5 Å². The van der Waals surface area contributed by atoms with E-state index in [1.807, 2.05) is 0 Å². The molecule has 8 heteroatoms. The molecular weight excluding hydrogens is 335 g/mol.